The number of ether oxygens (including phenoxy) is 1. The number of rotatable bonds is 4. The molecule has 1 aromatic carbocycles. The zero-order valence-electron chi connectivity index (χ0n) is 15.2. The number of benzene rings is 1. The minimum atomic E-state index is -0.595. The van der Waals surface area contributed by atoms with Crippen molar-refractivity contribution in [2.75, 3.05) is 26.3 Å². The van der Waals surface area contributed by atoms with Gasteiger partial charge in [-0.05, 0) is 24.3 Å². The maximum atomic E-state index is 13.1. The number of halogens is 1. The van der Waals surface area contributed by atoms with Crippen molar-refractivity contribution in [2.24, 2.45) is 14.1 Å². The van der Waals surface area contributed by atoms with Crippen LogP contribution in [0.4, 0.5) is 0 Å². The van der Waals surface area contributed by atoms with Crippen LogP contribution >= 0.6 is 15.9 Å². The average molecular weight is 435 g/mol. The van der Waals surface area contributed by atoms with E-state index in [2.05, 4.69) is 15.9 Å². The Kier molecular flexibility index (Phi) is 5.88. The highest BCUT2D eigenvalue weighted by atomic mass is 79.9. The third-order valence-corrected chi connectivity index (χ3v) is 5.18. The molecule has 1 aliphatic rings. The lowest BCUT2D eigenvalue weighted by Gasteiger charge is -2.20. The molecule has 3 rings (SSSR count). The second-order valence-corrected chi connectivity index (χ2v) is 7.32. The van der Waals surface area contributed by atoms with Gasteiger partial charge in [0.1, 0.15) is 18.7 Å². The van der Waals surface area contributed by atoms with Crippen molar-refractivity contribution in [1.29, 1.82) is 0 Å². The Morgan fingerprint density at radius 1 is 1.11 bits per heavy atom. The maximum Gasteiger partial charge on any atom is 0.330 e. The number of quaternary nitrogens is 1. The van der Waals surface area contributed by atoms with Gasteiger partial charge in [0, 0.05) is 30.2 Å². The van der Waals surface area contributed by atoms with Crippen LogP contribution in [0, 0.1) is 0 Å². The fraction of sp³-hybridized carbons (Fsp3) is 0.316. The molecule has 1 aliphatic heterocycles. The van der Waals surface area contributed by atoms with E-state index in [1.807, 2.05) is 6.20 Å². The fourth-order valence-corrected chi connectivity index (χ4v) is 3.28. The highest BCUT2D eigenvalue weighted by Gasteiger charge is 2.22. The molecule has 0 aliphatic carbocycles. The van der Waals surface area contributed by atoms with Crippen molar-refractivity contribution in [2.45, 2.75) is 0 Å². The Morgan fingerprint density at radius 2 is 1.74 bits per heavy atom. The van der Waals surface area contributed by atoms with Crippen molar-refractivity contribution in [3.63, 3.8) is 0 Å². The molecule has 1 N–H and O–H groups in total. The first-order valence-corrected chi connectivity index (χ1v) is 9.40. The number of carbonyl (C=O) groups excluding carboxylic acids is 1. The number of carbonyl (C=O) groups is 1. The smallest absolute Gasteiger partial charge is 0.330 e. The molecular formula is C19H21BrN3O4+. The first-order valence-electron chi connectivity index (χ1n) is 8.61. The number of nitrogens with zero attached hydrogens (tertiary/aromatic N) is 2. The fourth-order valence-electron chi connectivity index (χ4n) is 3.01. The second kappa shape index (κ2) is 8.16. The summed E-state index contributed by atoms with van der Waals surface area (Å²) in [5.74, 6) is -0.407. The molecule has 1 saturated heterocycles. The molecule has 8 heteroatoms. The molecular weight excluding hydrogens is 414 g/mol. The monoisotopic (exact) mass is 434 g/mol. The minimum Gasteiger partial charge on any atom is -0.370 e. The Hall–Kier alpha value is -2.29. The van der Waals surface area contributed by atoms with Crippen LogP contribution in [-0.2, 0) is 18.8 Å². The predicted molar refractivity (Wildman–Crippen MR) is 105 cm³/mol. The quantitative estimate of drug-likeness (QED) is 0.685. The normalized spacial score (nSPS) is 15.4. The van der Waals surface area contributed by atoms with Gasteiger partial charge in [0.25, 0.3) is 5.56 Å². The van der Waals surface area contributed by atoms with Crippen LogP contribution in [-0.4, -0.2) is 41.2 Å². The highest BCUT2D eigenvalue weighted by molar-refractivity contribution is 9.10. The topological polar surface area (TPSA) is 74.7 Å². The van der Waals surface area contributed by atoms with E-state index in [-0.39, 0.29) is 5.56 Å². The third-order valence-electron chi connectivity index (χ3n) is 4.66. The molecule has 0 atom stereocenters. The first kappa shape index (κ1) is 19.5. The van der Waals surface area contributed by atoms with Crippen LogP contribution in [0.1, 0.15) is 21.6 Å². The molecule has 1 fully saturated rings. The van der Waals surface area contributed by atoms with Crippen LogP contribution in [0.2, 0.25) is 0 Å². The Labute approximate surface area is 164 Å². The predicted octanol–water partition coefficient (Wildman–Crippen LogP) is -0.0367. The van der Waals surface area contributed by atoms with Crippen LogP contribution in [0.15, 0.2) is 44.5 Å². The highest BCUT2D eigenvalue weighted by Crippen LogP contribution is 2.15. The molecule has 0 spiro atoms. The molecule has 2 heterocycles. The lowest BCUT2D eigenvalue weighted by molar-refractivity contribution is -0.855. The summed E-state index contributed by atoms with van der Waals surface area (Å²) < 4.78 is 8.47. The van der Waals surface area contributed by atoms with E-state index in [1.165, 1.54) is 11.6 Å². The molecule has 0 amide bonds. The minimum absolute atomic E-state index is 0.00849. The van der Waals surface area contributed by atoms with E-state index < -0.39 is 17.0 Å². The number of hydrogen-bond donors (Lipinski definition) is 1. The van der Waals surface area contributed by atoms with Gasteiger partial charge in [-0.3, -0.25) is 18.7 Å². The van der Waals surface area contributed by atoms with Crippen molar-refractivity contribution in [3.8, 4) is 0 Å². The van der Waals surface area contributed by atoms with E-state index in [9.17, 15) is 14.4 Å². The Balaban J connectivity index is 2.12. The Morgan fingerprint density at radius 3 is 2.37 bits per heavy atom. The summed E-state index contributed by atoms with van der Waals surface area (Å²) in [5.41, 5.74) is -0.366. The maximum absolute atomic E-state index is 13.1. The van der Waals surface area contributed by atoms with E-state index in [4.69, 9.17) is 4.74 Å². The third kappa shape index (κ3) is 4.02. The molecule has 1 aromatic heterocycles. The molecule has 0 unspecified atom stereocenters. The van der Waals surface area contributed by atoms with Crippen LogP contribution < -0.4 is 16.1 Å². The zero-order valence-corrected chi connectivity index (χ0v) is 16.8. The molecule has 0 bridgehead atoms. The lowest BCUT2D eigenvalue weighted by Crippen LogP contribution is -3.09. The van der Waals surface area contributed by atoms with Gasteiger partial charge in [-0.2, -0.15) is 0 Å². The van der Waals surface area contributed by atoms with Crippen molar-refractivity contribution < 1.29 is 14.4 Å². The summed E-state index contributed by atoms with van der Waals surface area (Å²) in [7, 11) is 2.94. The summed E-state index contributed by atoms with van der Waals surface area (Å²) in [6.07, 6.45) is 3.57. The van der Waals surface area contributed by atoms with Crippen molar-refractivity contribution in [1.82, 2.24) is 9.13 Å². The Bertz CT molecular complexity index is 999. The van der Waals surface area contributed by atoms with Gasteiger partial charge in [0.05, 0.1) is 25.1 Å². The molecule has 2 aromatic rings. The molecule has 7 nitrogen and oxygen atoms in total. The van der Waals surface area contributed by atoms with Crippen molar-refractivity contribution >= 4 is 27.8 Å². The average Bonchev–Trinajstić information content (AvgIpc) is 2.69. The largest absolute Gasteiger partial charge is 0.370 e. The summed E-state index contributed by atoms with van der Waals surface area (Å²) >= 11 is 3.33. The second-order valence-electron chi connectivity index (χ2n) is 6.41. The molecule has 142 valence electrons. The lowest BCUT2D eigenvalue weighted by atomic mass is 10.0. The van der Waals surface area contributed by atoms with Gasteiger partial charge in [-0.25, -0.2) is 4.79 Å². The number of hydrogen-bond acceptors (Lipinski definition) is 4. The van der Waals surface area contributed by atoms with E-state index in [0.717, 1.165) is 27.0 Å². The van der Waals surface area contributed by atoms with Crippen LogP contribution in [0.3, 0.4) is 0 Å². The van der Waals surface area contributed by atoms with E-state index in [1.54, 1.807) is 37.4 Å². The van der Waals surface area contributed by atoms with Gasteiger partial charge in [0.2, 0.25) is 5.78 Å². The van der Waals surface area contributed by atoms with E-state index in [0.29, 0.717) is 24.5 Å². The number of aromatic nitrogens is 2. The van der Waals surface area contributed by atoms with Gasteiger partial charge < -0.3 is 9.64 Å². The number of morpholine rings is 1. The van der Waals surface area contributed by atoms with Crippen LogP contribution in [0.25, 0.3) is 6.08 Å². The summed E-state index contributed by atoms with van der Waals surface area (Å²) in [5, 5.41) is 0. The SMILES string of the molecule is Cn1c(C=C[NH+]2CCOCC2)c(C(=O)c2ccc(Br)cc2)c(=O)n(C)c1=O. The molecule has 0 radical (unpaired) electrons. The van der Waals surface area contributed by atoms with E-state index >= 15 is 0 Å². The molecule has 27 heavy (non-hydrogen) atoms. The summed E-state index contributed by atoms with van der Waals surface area (Å²) in [4.78, 5) is 39.3. The summed E-state index contributed by atoms with van der Waals surface area (Å²) in [6, 6.07) is 6.79. The standard InChI is InChI=1S/C19H20BrN3O4/c1-21-15(7-8-23-9-11-27-12-10-23)16(18(25)22(2)19(21)26)17(24)13-3-5-14(20)6-4-13/h3-8H,9-12H2,1-2H3/p+1. The van der Waals surface area contributed by atoms with Gasteiger partial charge in [0.15, 0.2) is 0 Å². The zero-order chi connectivity index (χ0) is 19.6. The van der Waals surface area contributed by atoms with Gasteiger partial charge in [-0.15, -0.1) is 0 Å². The first-order chi connectivity index (χ1) is 12.9. The van der Waals surface area contributed by atoms with Crippen LogP contribution in [0.5, 0.6) is 0 Å². The number of ketones is 1. The summed E-state index contributed by atoms with van der Waals surface area (Å²) in [6.45, 7) is 2.90. The van der Waals surface area contributed by atoms with Gasteiger partial charge >= 0.3 is 5.69 Å². The number of nitrogens with one attached hydrogen (secondary N) is 1. The van der Waals surface area contributed by atoms with Gasteiger partial charge in [-0.1, -0.05) is 15.9 Å². The van der Waals surface area contributed by atoms with Crippen molar-refractivity contribution in [3.05, 3.63) is 72.6 Å². The molecule has 0 saturated carbocycles.